The van der Waals surface area contributed by atoms with Gasteiger partial charge >= 0.3 is 0 Å². The summed E-state index contributed by atoms with van der Waals surface area (Å²) in [5, 5.41) is 6.78. The zero-order chi connectivity index (χ0) is 10.7. The highest BCUT2D eigenvalue weighted by molar-refractivity contribution is 7.09. The molecule has 0 spiro atoms. The summed E-state index contributed by atoms with van der Waals surface area (Å²) in [7, 11) is 2.06. The minimum Gasteiger partial charge on any atom is -0.311 e. The average Bonchev–Trinajstić information content (AvgIpc) is 2.72. The molecular formula is C12H20N2S. The first kappa shape index (κ1) is 11.1. The van der Waals surface area contributed by atoms with Crippen LogP contribution < -0.4 is 5.32 Å². The Kier molecular flexibility index (Phi) is 3.76. The fraction of sp³-hybridized carbons (Fsp3) is 0.750. The first-order valence-corrected chi connectivity index (χ1v) is 6.76. The van der Waals surface area contributed by atoms with Crippen LogP contribution >= 0.6 is 11.3 Å². The maximum absolute atomic E-state index is 4.44. The van der Waals surface area contributed by atoms with E-state index in [1.165, 1.54) is 30.7 Å². The quantitative estimate of drug-likeness (QED) is 0.852. The van der Waals surface area contributed by atoms with Crippen molar-refractivity contribution in [2.75, 3.05) is 7.05 Å². The lowest BCUT2D eigenvalue weighted by molar-refractivity contribution is 0.229. The van der Waals surface area contributed by atoms with Crippen molar-refractivity contribution in [1.29, 1.82) is 0 Å². The highest BCUT2D eigenvalue weighted by atomic mass is 32.1. The molecule has 84 valence electrons. The summed E-state index contributed by atoms with van der Waals surface area (Å²) in [5.41, 5.74) is 0. The van der Waals surface area contributed by atoms with Crippen molar-refractivity contribution in [2.24, 2.45) is 11.8 Å². The smallest absolute Gasteiger partial charge is 0.110 e. The van der Waals surface area contributed by atoms with Crippen molar-refractivity contribution in [2.45, 2.75) is 38.6 Å². The molecule has 2 rings (SSSR count). The topological polar surface area (TPSA) is 24.9 Å². The second kappa shape index (κ2) is 5.08. The molecule has 1 heterocycles. The molecule has 1 aromatic rings. The Morgan fingerprint density at radius 1 is 1.53 bits per heavy atom. The van der Waals surface area contributed by atoms with Crippen LogP contribution in [0.2, 0.25) is 0 Å². The molecule has 0 aliphatic heterocycles. The first-order valence-electron chi connectivity index (χ1n) is 5.88. The van der Waals surface area contributed by atoms with Crippen molar-refractivity contribution in [1.82, 2.24) is 10.3 Å². The highest BCUT2D eigenvalue weighted by Gasteiger charge is 2.27. The van der Waals surface area contributed by atoms with E-state index in [1.807, 2.05) is 6.20 Å². The van der Waals surface area contributed by atoms with Gasteiger partial charge in [-0.1, -0.05) is 19.8 Å². The van der Waals surface area contributed by atoms with Gasteiger partial charge in [-0.05, 0) is 31.7 Å². The van der Waals surface area contributed by atoms with Crippen molar-refractivity contribution < 1.29 is 0 Å². The van der Waals surface area contributed by atoms with Gasteiger partial charge in [-0.2, -0.15) is 0 Å². The van der Waals surface area contributed by atoms with Crippen molar-refractivity contribution in [3.05, 3.63) is 16.6 Å². The summed E-state index contributed by atoms with van der Waals surface area (Å²) >= 11 is 1.78. The standard InChI is InChI=1S/C12H20N2S/c1-9-4-3-5-10(8-9)11(13-2)12-14-6-7-15-12/h6-7,9-11,13H,3-5,8H2,1-2H3. The van der Waals surface area contributed by atoms with Crippen LogP contribution in [-0.2, 0) is 0 Å². The van der Waals surface area contributed by atoms with Crippen molar-refractivity contribution in [3.8, 4) is 0 Å². The van der Waals surface area contributed by atoms with Gasteiger partial charge in [0, 0.05) is 11.6 Å². The van der Waals surface area contributed by atoms with E-state index in [0.29, 0.717) is 6.04 Å². The van der Waals surface area contributed by atoms with Crippen molar-refractivity contribution >= 4 is 11.3 Å². The number of hydrogen-bond donors (Lipinski definition) is 1. The number of thiazole rings is 1. The van der Waals surface area contributed by atoms with Gasteiger partial charge in [0.1, 0.15) is 5.01 Å². The molecule has 0 amide bonds. The van der Waals surface area contributed by atoms with E-state index >= 15 is 0 Å². The second-order valence-electron chi connectivity index (χ2n) is 4.67. The maximum atomic E-state index is 4.44. The zero-order valence-electron chi connectivity index (χ0n) is 9.57. The van der Waals surface area contributed by atoms with Gasteiger partial charge in [-0.15, -0.1) is 11.3 Å². The van der Waals surface area contributed by atoms with Crippen molar-refractivity contribution in [3.63, 3.8) is 0 Å². The fourth-order valence-corrected chi connectivity index (χ4v) is 3.57. The van der Waals surface area contributed by atoms with E-state index in [9.17, 15) is 0 Å². The van der Waals surface area contributed by atoms with E-state index in [-0.39, 0.29) is 0 Å². The Hall–Kier alpha value is -0.410. The number of aromatic nitrogens is 1. The summed E-state index contributed by atoms with van der Waals surface area (Å²) in [6, 6.07) is 0.479. The van der Waals surface area contributed by atoms with E-state index < -0.39 is 0 Å². The summed E-state index contributed by atoms with van der Waals surface area (Å²) in [6.45, 7) is 2.38. The lowest BCUT2D eigenvalue weighted by Crippen LogP contribution is -2.28. The molecule has 3 unspecified atom stereocenters. The van der Waals surface area contributed by atoms with Gasteiger partial charge in [-0.3, -0.25) is 0 Å². The molecule has 1 saturated carbocycles. The molecule has 1 aliphatic carbocycles. The Balaban J connectivity index is 2.06. The van der Waals surface area contributed by atoms with E-state index in [2.05, 4.69) is 29.7 Å². The lowest BCUT2D eigenvalue weighted by atomic mass is 9.79. The Bertz CT molecular complexity index is 284. The number of rotatable bonds is 3. The van der Waals surface area contributed by atoms with Gasteiger partial charge in [0.05, 0.1) is 6.04 Å². The summed E-state index contributed by atoms with van der Waals surface area (Å²) in [4.78, 5) is 4.44. The van der Waals surface area contributed by atoms with Crippen LogP contribution in [0.4, 0.5) is 0 Å². The molecule has 0 radical (unpaired) electrons. The number of hydrogen-bond acceptors (Lipinski definition) is 3. The molecule has 1 fully saturated rings. The average molecular weight is 224 g/mol. The molecule has 0 bridgehead atoms. The molecule has 3 heteroatoms. The minimum atomic E-state index is 0.479. The summed E-state index contributed by atoms with van der Waals surface area (Å²) in [6.07, 6.45) is 7.41. The van der Waals surface area contributed by atoms with Gasteiger partial charge in [0.15, 0.2) is 0 Å². The number of nitrogens with zero attached hydrogens (tertiary/aromatic N) is 1. The van der Waals surface area contributed by atoms with Gasteiger partial charge in [0.25, 0.3) is 0 Å². The molecule has 2 nitrogen and oxygen atoms in total. The molecule has 0 saturated heterocycles. The lowest BCUT2D eigenvalue weighted by Gasteiger charge is -2.32. The Morgan fingerprint density at radius 3 is 3.00 bits per heavy atom. The summed E-state index contributed by atoms with van der Waals surface area (Å²) < 4.78 is 0. The molecule has 3 atom stereocenters. The monoisotopic (exact) mass is 224 g/mol. The molecule has 1 aliphatic rings. The highest BCUT2D eigenvalue weighted by Crippen LogP contribution is 2.37. The Morgan fingerprint density at radius 2 is 2.40 bits per heavy atom. The summed E-state index contributed by atoms with van der Waals surface area (Å²) in [5.74, 6) is 1.67. The van der Waals surface area contributed by atoms with Crippen LogP contribution in [0.1, 0.15) is 43.7 Å². The first-order chi connectivity index (χ1) is 7.31. The van der Waals surface area contributed by atoms with Crippen LogP contribution in [0.15, 0.2) is 11.6 Å². The van der Waals surface area contributed by atoms with E-state index in [1.54, 1.807) is 11.3 Å². The third-order valence-electron chi connectivity index (χ3n) is 3.48. The van der Waals surface area contributed by atoms with E-state index in [4.69, 9.17) is 0 Å². The minimum absolute atomic E-state index is 0.479. The van der Waals surface area contributed by atoms with E-state index in [0.717, 1.165) is 11.8 Å². The van der Waals surface area contributed by atoms with Crippen LogP contribution in [-0.4, -0.2) is 12.0 Å². The molecular weight excluding hydrogens is 204 g/mol. The molecule has 15 heavy (non-hydrogen) atoms. The van der Waals surface area contributed by atoms with Gasteiger partial charge in [-0.25, -0.2) is 4.98 Å². The largest absolute Gasteiger partial charge is 0.311 e. The van der Waals surface area contributed by atoms with Crippen LogP contribution in [0.25, 0.3) is 0 Å². The number of nitrogens with one attached hydrogen (secondary N) is 1. The fourth-order valence-electron chi connectivity index (χ4n) is 2.73. The molecule has 1 N–H and O–H groups in total. The predicted molar refractivity (Wildman–Crippen MR) is 65.0 cm³/mol. The second-order valence-corrected chi connectivity index (χ2v) is 5.59. The molecule has 1 aromatic heterocycles. The van der Waals surface area contributed by atoms with Crippen LogP contribution in [0, 0.1) is 11.8 Å². The van der Waals surface area contributed by atoms with Crippen LogP contribution in [0.3, 0.4) is 0 Å². The third-order valence-corrected chi connectivity index (χ3v) is 4.34. The molecule has 0 aromatic carbocycles. The van der Waals surface area contributed by atoms with Gasteiger partial charge < -0.3 is 5.32 Å². The SMILES string of the molecule is CNC(c1nccs1)C1CCCC(C)C1. The van der Waals surface area contributed by atoms with Gasteiger partial charge in [0.2, 0.25) is 0 Å². The zero-order valence-corrected chi connectivity index (χ0v) is 10.4. The third kappa shape index (κ3) is 2.58. The normalized spacial score (nSPS) is 28.9. The Labute approximate surface area is 96.1 Å². The van der Waals surface area contributed by atoms with Crippen LogP contribution in [0.5, 0.6) is 0 Å². The predicted octanol–water partition coefficient (Wildman–Crippen LogP) is 3.23. The maximum Gasteiger partial charge on any atom is 0.110 e.